The second-order valence-electron chi connectivity index (χ2n) is 8.48. The molecule has 1 aromatic rings. The lowest BCUT2D eigenvalue weighted by Gasteiger charge is -2.32. The molecule has 5 nitrogen and oxygen atoms in total. The number of likely N-dealkylation sites (tertiary alicyclic amines) is 1. The van der Waals surface area contributed by atoms with Gasteiger partial charge in [-0.3, -0.25) is 4.90 Å². The Kier molecular flexibility index (Phi) is 8.14. The number of aliphatic hydroxyl groups excluding tert-OH is 1. The van der Waals surface area contributed by atoms with Crippen LogP contribution in [0.3, 0.4) is 0 Å². The van der Waals surface area contributed by atoms with E-state index in [1.165, 1.54) is 32.1 Å². The number of ether oxygens (including phenoxy) is 1. The van der Waals surface area contributed by atoms with Gasteiger partial charge >= 0.3 is 0 Å². The maximum absolute atomic E-state index is 10.5. The normalized spacial score (nSPS) is 20.8. The average Bonchev–Trinajstić information content (AvgIpc) is 2.74. The van der Waals surface area contributed by atoms with Crippen LogP contribution in [0.15, 0.2) is 24.3 Å². The summed E-state index contributed by atoms with van der Waals surface area (Å²) in [7, 11) is 2.12. The largest absolute Gasteiger partial charge is 0.491 e. The van der Waals surface area contributed by atoms with E-state index in [-0.39, 0.29) is 5.92 Å². The molecule has 1 atom stereocenters. The molecule has 1 heterocycles. The summed E-state index contributed by atoms with van der Waals surface area (Å²) >= 11 is 0. The monoisotopic (exact) mass is 385 g/mol. The maximum atomic E-state index is 10.5. The second kappa shape index (κ2) is 10.8. The first-order chi connectivity index (χ1) is 13.7. The van der Waals surface area contributed by atoms with Gasteiger partial charge in [-0.15, -0.1) is 0 Å². The standard InChI is InChI=1S/C23H35N3O2/c1-25(21-8-3-2-4-9-21)17-22(27)18-28-23-10-6-5-7-20(23)16-26-13-11-19(15-24)12-14-26/h5-7,10,19,21-22,27H,2-4,8-9,11-14,16-18H2,1H3. The highest BCUT2D eigenvalue weighted by molar-refractivity contribution is 5.33. The lowest BCUT2D eigenvalue weighted by Crippen LogP contribution is -2.40. The molecule has 5 heteroatoms. The molecule has 1 aliphatic heterocycles. The minimum Gasteiger partial charge on any atom is -0.491 e. The van der Waals surface area contributed by atoms with Gasteiger partial charge in [0, 0.05) is 30.6 Å². The van der Waals surface area contributed by atoms with E-state index in [9.17, 15) is 5.11 Å². The highest BCUT2D eigenvalue weighted by Gasteiger charge is 2.22. The van der Waals surface area contributed by atoms with Crippen molar-refractivity contribution in [3.05, 3.63) is 29.8 Å². The van der Waals surface area contributed by atoms with E-state index in [2.05, 4.69) is 29.0 Å². The molecule has 0 spiro atoms. The number of nitrogens with zero attached hydrogens (tertiary/aromatic N) is 3. The van der Waals surface area contributed by atoms with Crippen molar-refractivity contribution >= 4 is 0 Å². The third-order valence-electron chi connectivity index (χ3n) is 6.26. The van der Waals surface area contributed by atoms with Gasteiger partial charge in [0.25, 0.3) is 0 Å². The van der Waals surface area contributed by atoms with Gasteiger partial charge in [-0.25, -0.2) is 0 Å². The van der Waals surface area contributed by atoms with Gasteiger partial charge in [-0.2, -0.15) is 5.26 Å². The SMILES string of the molecule is CN(CC(O)COc1ccccc1CN1CCC(C#N)CC1)C1CCCCC1. The summed E-state index contributed by atoms with van der Waals surface area (Å²) in [6, 6.07) is 11.1. The summed E-state index contributed by atoms with van der Waals surface area (Å²) in [5, 5.41) is 19.5. The zero-order chi connectivity index (χ0) is 19.8. The van der Waals surface area contributed by atoms with Crippen LogP contribution in [0.2, 0.25) is 0 Å². The molecule has 1 aliphatic carbocycles. The summed E-state index contributed by atoms with van der Waals surface area (Å²) in [6.45, 7) is 3.74. The van der Waals surface area contributed by atoms with Crippen LogP contribution < -0.4 is 4.74 Å². The fraction of sp³-hybridized carbons (Fsp3) is 0.696. The summed E-state index contributed by atoms with van der Waals surface area (Å²) in [5.74, 6) is 1.07. The first-order valence-electron chi connectivity index (χ1n) is 10.9. The van der Waals surface area contributed by atoms with E-state index in [1.54, 1.807) is 0 Å². The molecule has 154 valence electrons. The molecule has 3 rings (SSSR count). The molecule has 1 N–H and O–H groups in total. The second-order valence-corrected chi connectivity index (χ2v) is 8.48. The highest BCUT2D eigenvalue weighted by Crippen LogP contribution is 2.24. The van der Waals surface area contributed by atoms with Gasteiger partial charge in [0.2, 0.25) is 0 Å². The third kappa shape index (κ3) is 6.20. The summed E-state index contributed by atoms with van der Waals surface area (Å²) in [5.41, 5.74) is 1.16. The number of benzene rings is 1. The Morgan fingerprint density at radius 1 is 1.18 bits per heavy atom. The van der Waals surface area contributed by atoms with Crippen molar-refractivity contribution in [3.63, 3.8) is 0 Å². The lowest BCUT2D eigenvalue weighted by atomic mass is 9.94. The Hall–Kier alpha value is -1.61. The lowest BCUT2D eigenvalue weighted by molar-refractivity contribution is 0.0555. The Morgan fingerprint density at radius 2 is 1.89 bits per heavy atom. The minimum absolute atomic E-state index is 0.207. The van der Waals surface area contributed by atoms with E-state index in [0.29, 0.717) is 19.2 Å². The van der Waals surface area contributed by atoms with Crippen LogP contribution in [-0.2, 0) is 6.54 Å². The third-order valence-corrected chi connectivity index (χ3v) is 6.26. The van der Waals surface area contributed by atoms with Gasteiger partial charge in [0.1, 0.15) is 18.5 Å². The van der Waals surface area contributed by atoms with Gasteiger partial charge in [0.05, 0.1) is 6.07 Å². The molecule has 0 aromatic heterocycles. The molecule has 28 heavy (non-hydrogen) atoms. The fourth-order valence-electron chi connectivity index (χ4n) is 4.48. The molecular weight excluding hydrogens is 350 g/mol. The van der Waals surface area contributed by atoms with Crippen LogP contribution in [0.4, 0.5) is 0 Å². The number of hydrogen-bond acceptors (Lipinski definition) is 5. The smallest absolute Gasteiger partial charge is 0.123 e. The molecule has 1 unspecified atom stereocenters. The predicted octanol–water partition coefficient (Wildman–Crippen LogP) is 3.43. The molecule has 0 radical (unpaired) electrons. The van der Waals surface area contributed by atoms with Crippen LogP contribution in [0, 0.1) is 17.2 Å². The number of hydrogen-bond donors (Lipinski definition) is 1. The van der Waals surface area contributed by atoms with Crippen molar-refractivity contribution in [2.75, 3.05) is 33.3 Å². The van der Waals surface area contributed by atoms with Crippen molar-refractivity contribution in [2.24, 2.45) is 5.92 Å². The number of para-hydroxylation sites is 1. The van der Waals surface area contributed by atoms with Crippen LogP contribution in [0.25, 0.3) is 0 Å². The van der Waals surface area contributed by atoms with Gasteiger partial charge in [0.15, 0.2) is 0 Å². The maximum Gasteiger partial charge on any atom is 0.123 e. The molecule has 1 aromatic carbocycles. The van der Waals surface area contributed by atoms with Crippen molar-refractivity contribution in [1.29, 1.82) is 5.26 Å². The molecule has 2 fully saturated rings. The van der Waals surface area contributed by atoms with Crippen LogP contribution in [0.5, 0.6) is 5.75 Å². The van der Waals surface area contributed by atoms with E-state index in [1.807, 2.05) is 18.2 Å². The highest BCUT2D eigenvalue weighted by atomic mass is 16.5. The number of aliphatic hydroxyl groups is 1. The first-order valence-corrected chi connectivity index (χ1v) is 10.9. The van der Waals surface area contributed by atoms with Crippen molar-refractivity contribution in [1.82, 2.24) is 9.80 Å². The van der Waals surface area contributed by atoms with Crippen LogP contribution >= 0.6 is 0 Å². The number of likely N-dealkylation sites (N-methyl/N-ethyl adjacent to an activating group) is 1. The molecule has 0 amide bonds. The molecule has 1 saturated heterocycles. The number of nitriles is 1. The van der Waals surface area contributed by atoms with Crippen molar-refractivity contribution < 1.29 is 9.84 Å². The van der Waals surface area contributed by atoms with Crippen LogP contribution in [-0.4, -0.2) is 60.3 Å². The fourth-order valence-corrected chi connectivity index (χ4v) is 4.48. The Bertz CT molecular complexity index is 631. The predicted molar refractivity (Wildman–Crippen MR) is 111 cm³/mol. The Balaban J connectivity index is 1.47. The molecule has 1 saturated carbocycles. The van der Waals surface area contributed by atoms with E-state index in [0.717, 1.165) is 43.8 Å². The van der Waals surface area contributed by atoms with Crippen molar-refractivity contribution in [2.45, 2.75) is 63.6 Å². The first kappa shape index (κ1) is 21.1. The quantitative estimate of drug-likeness (QED) is 0.743. The summed E-state index contributed by atoms with van der Waals surface area (Å²) < 4.78 is 6.02. The Morgan fingerprint density at radius 3 is 2.61 bits per heavy atom. The minimum atomic E-state index is -0.480. The van der Waals surface area contributed by atoms with E-state index >= 15 is 0 Å². The van der Waals surface area contributed by atoms with Crippen molar-refractivity contribution in [3.8, 4) is 11.8 Å². The van der Waals surface area contributed by atoms with Gasteiger partial charge in [-0.1, -0.05) is 37.5 Å². The molecule has 0 bridgehead atoms. The van der Waals surface area contributed by atoms with Crippen LogP contribution in [0.1, 0.15) is 50.5 Å². The topological polar surface area (TPSA) is 59.7 Å². The summed E-state index contributed by atoms with van der Waals surface area (Å²) in [4.78, 5) is 4.70. The van der Waals surface area contributed by atoms with E-state index < -0.39 is 6.10 Å². The molecular formula is C23H35N3O2. The number of piperidine rings is 1. The molecule has 2 aliphatic rings. The average molecular weight is 386 g/mol. The van der Waals surface area contributed by atoms with Gasteiger partial charge < -0.3 is 14.7 Å². The van der Waals surface area contributed by atoms with Gasteiger partial charge in [-0.05, 0) is 51.9 Å². The zero-order valence-electron chi connectivity index (χ0n) is 17.2. The zero-order valence-corrected chi connectivity index (χ0v) is 17.2. The number of rotatable bonds is 8. The summed E-state index contributed by atoms with van der Waals surface area (Å²) in [6.07, 6.45) is 7.87. The van der Waals surface area contributed by atoms with E-state index in [4.69, 9.17) is 10.00 Å². The Labute approximate surface area is 169 Å².